The van der Waals surface area contributed by atoms with Crippen LogP contribution >= 0.6 is 11.6 Å². The van der Waals surface area contributed by atoms with E-state index in [1.165, 1.54) is 6.92 Å². The van der Waals surface area contributed by atoms with Crippen molar-refractivity contribution < 1.29 is 4.79 Å². The van der Waals surface area contributed by atoms with E-state index in [-0.39, 0.29) is 5.78 Å². The molecule has 0 unspecified atom stereocenters. The van der Waals surface area contributed by atoms with Gasteiger partial charge < -0.3 is 4.90 Å². The topological polar surface area (TPSA) is 67.9 Å². The average molecular weight is 374 g/mol. The number of halogens is 1. The predicted molar refractivity (Wildman–Crippen MR) is 102 cm³/mol. The Kier molecular flexibility index (Phi) is 4.02. The maximum absolute atomic E-state index is 12.7. The lowest BCUT2D eigenvalue weighted by Crippen LogP contribution is -2.36. The molecule has 2 aromatic carbocycles. The molecular weight excluding hydrogens is 358 g/mol. The summed E-state index contributed by atoms with van der Waals surface area (Å²) in [6.07, 6.45) is 3.78. The maximum Gasteiger partial charge on any atom is 0.177 e. The highest BCUT2D eigenvalue weighted by Crippen LogP contribution is 2.59. The third kappa shape index (κ3) is 2.38. The van der Waals surface area contributed by atoms with Crippen LogP contribution in [0.15, 0.2) is 54.7 Å². The first-order valence-corrected chi connectivity index (χ1v) is 9.04. The number of carbonyl (C=O) groups excluding carboxylic acids is 1. The third-order valence-corrected chi connectivity index (χ3v) is 5.84. The normalized spacial score (nSPS) is 24.4. The lowest BCUT2D eigenvalue weighted by atomic mass is 9.68. The van der Waals surface area contributed by atoms with Gasteiger partial charge in [0.25, 0.3) is 0 Å². The summed E-state index contributed by atoms with van der Waals surface area (Å²) in [5.41, 5.74) is 1.23. The van der Waals surface area contributed by atoms with Gasteiger partial charge in [0, 0.05) is 17.1 Å². The molecule has 27 heavy (non-hydrogen) atoms. The molecule has 0 aliphatic carbocycles. The highest BCUT2D eigenvalue weighted by Gasteiger charge is 2.63. The van der Waals surface area contributed by atoms with Crippen LogP contribution in [0.4, 0.5) is 0 Å². The van der Waals surface area contributed by atoms with E-state index >= 15 is 0 Å². The molecule has 1 saturated heterocycles. The first-order chi connectivity index (χ1) is 13.0. The Labute approximate surface area is 162 Å². The van der Waals surface area contributed by atoms with Gasteiger partial charge in [0.05, 0.1) is 24.2 Å². The molecule has 3 atom stereocenters. The monoisotopic (exact) mass is 373 g/mol. The summed E-state index contributed by atoms with van der Waals surface area (Å²) in [5.74, 6) is -0.653. The number of fused-ring (bicyclic) bond motifs is 3. The molecule has 0 spiro atoms. The van der Waals surface area contributed by atoms with Gasteiger partial charge in [-0.25, -0.2) is 0 Å². The molecule has 132 valence electrons. The second-order valence-corrected chi connectivity index (χ2v) is 7.41. The smallest absolute Gasteiger partial charge is 0.177 e. The Balaban J connectivity index is 2.00. The number of hydrogen-bond acceptors (Lipinski definition) is 4. The molecule has 0 aromatic heterocycles. The number of nitriles is 2. The average Bonchev–Trinajstić information content (AvgIpc) is 3.00. The summed E-state index contributed by atoms with van der Waals surface area (Å²) < 4.78 is 0. The van der Waals surface area contributed by atoms with Crippen molar-refractivity contribution in [2.45, 2.75) is 24.9 Å². The van der Waals surface area contributed by atoms with Crippen molar-refractivity contribution in [2.75, 3.05) is 0 Å². The summed E-state index contributed by atoms with van der Waals surface area (Å²) in [6, 6.07) is 18.3. The van der Waals surface area contributed by atoms with Crippen molar-refractivity contribution in [1.29, 1.82) is 10.5 Å². The number of rotatable bonds is 2. The molecule has 0 radical (unpaired) electrons. The fourth-order valence-electron chi connectivity index (χ4n) is 4.50. The molecule has 4 nitrogen and oxygen atoms in total. The van der Waals surface area contributed by atoms with Crippen LogP contribution in [0.5, 0.6) is 0 Å². The molecule has 0 bridgehead atoms. The zero-order valence-corrected chi connectivity index (χ0v) is 15.4. The Morgan fingerprint density at radius 3 is 2.41 bits per heavy atom. The molecule has 2 aliphatic rings. The number of ketones is 1. The van der Waals surface area contributed by atoms with E-state index in [4.69, 9.17) is 11.6 Å². The Bertz CT molecular complexity index is 1010. The van der Waals surface area contributed by atoms with Crippen LogP contribution in [0.25, 0.3) is 6.08 Å². The quantitative estimate of drug-likeness (QED) is 0.779. The highest BCUT2D eigenvalue weighted by atomic mass is 35.5. The van der Waals surface area contributed by atoms with Crippen LogP contribution < -0.4 is 0 Å². The maximum atomic E-state index is 12.7. The minimum absolute atomic E-state index is 0.0728. The van der Waals surface area contributed by atoms with Gasteiger partial charge in [0.1, 0.15) is 0 Å². The summed E-state index contributed by atoms with van der Waals surface area (Å²) in [6.45, 7) is 1.52. The molecule has 0 N–H and O–H groups in total. The lowest BCUT2D eigenvalue weighted by molar-refractivity contribution is -0.121. The van der Waals surface area contributed by atoms with E-state index < -0.39 is 23.4 Å². The van der Waals surface area contributed by atoms with Crippen molar-refractivity contribution in [3.63, 3.8) is 0 Å². The fraction of sp³-hybridized carbons (Fsp3) is 0.227. The van der Waals surface area contributed by atoms with Gasteiger partial charge >= 0.3 is 0 Å². The molecule has 2 aromatic rings. The summed E-state index contributed by atoms with van der Waals surface area (Å²) in [7, 11) is 0. The highest BCUT2D eigenvalue weighted by molar-refractivity contribution is 6.30. The summed E-state index contributed by atoms with van der Waals surface area (Å²) in [4.78, 5) is 14.5. The first-order valence-electron chi connectivity index (χ1n) is 8.66. The van der Waals surface area contributed by atoms with E-state index in [0.29, 0.717) is 5.02 Å². The van der Waals surface area contributed by atoms with Gasteiger partial charge in [-0.15, -0.1) is 0 Å². The van der Waals surface area contributed by atoms with E-state index in [1.807, 2.05) is 41.4 Å². The second kappa shape index (κ2) is 6.27. The minimum atomic E-state index is -1.40. The summed E-state index contributed by atoms with van der Waals surface area (Å²) >= 11 is 6.03. The molecule has 2 aliphatic heterocycles. The number of nitrogens with zero attached hydrogens (tertiary/aromatic N) is 3. The Morgan fingerprint density at radius 2 is 1.78 bits per heavy atom. The predicted octanol–water partition coefficient (Wildman–Crippen LogP) is 4.46. The first kappa shape index (κ1) is 17.3. The van der Waals surface area contributed by atoms with Gasteiger partial charge in [-0.2, -0.15) is 10.5 Å². The second-order valence-electron chi connectivity index (χ2n) is 6.97. The zero-order chi connectivity index (χ0) is 19.2. The van der Waals surface area contributed by atoms with Crippen LogP contribution in [-0.2, 0) is 4.79 Å². The SMILES string of the molecule is CC(=O)[C@H]1[C@H](c2ccc(Cl)cc2)C(C#N)(C#N)[C@@H]2c3ccccc3C=CN21. The van der Waals surface area contributed by atoms with E-state index in [9.17, 15) is 15.3 Å². The standard InChI is InChI=1S/C22H16ClN3O/c1-14(27)20-19(16-6-8-17(23)9-7-16)22(12-24,13-25)21-18-5-3-2-4-15(18)10-11-26(20)21/h2-11,19-21H,1H3/t19-,20-,21-/m0/s1. The van der Waals surface area contributed by atoms with Crippen LogP contribution in [0.2, 0.25) is 5.02 Å². The third-order valence-electron chi connectivity index (χ3n) is 5.59. The fourth-order valence-corrected chi connectivity index (χ4v) is 4.62. The van der Waals surface area contributed by atoms with Crippen LogP contribution in [0.3, 0.4) is 0 Å². The Hall–Kier alpha value is -3.08. The number of benzene rings is 2. The number of carbonyl (C=O) groups is 1. The van der Waals surface area contributed by atoms with Gasteiger partial charge in [-0.05, 0) is 41.8 Å². The van der Waals surface area contributed by atoms with Crippen molar-refractivity contribution in [3.8, 4) is 12.1 Å². The lowest BCUT2D eigenvalue weighted by Gasteiger charge is -2.34. The van der Waals surface area contributed by atoms with Crippen molar-refractivity contribution in [1.82, 2.24) is 4.90 Å². The van der Waals surface area contributed by atoms with E-state index in [1.54, 1.807) is 24.3 Å². The molecule has 0 amide bonds. The molecule has 0 saturated carbocycles. The number of Topliss-reactive ketones (excluding diaryl/α,β-unsaturated/α-hetero) is 1. The number of hydrogen-bond donors (Lipinski definition) is 0. The van der Waals surface area contributed by atoms with Crippen molar-refractivity contribution in [2.24, 2.45) is 5.41 Å². The van der Waals surface area contributed by atoms with Gasteiger partial charge in [0.15, 0.2) is 11.2 Å². The molecular formula is C22H16ClN3O. The van der Waals surface area contributed by atoms with Crippen molar-refractivity contribution >= 4 is 23.5 Å². The van der Waals surface area contributed by atoms with Crippen LogP contribution in [0, 0.1) is 28.1 Å². The Morgan fingerprint density at radius 1 is 1.11 bits per heavy atom. The summed E-state index contributed by atoms with van der Waals surface area (Å²) in [5, 5.41) is 21.0. The van der Waals surface area contributed by atoms with Gasteiger partial charge in [-0.1, -0.05) is 48.0 Å². The minimum Gasteiger partial charge on any atom is -0.357 e. The van der Waals surface area contributed by atoms with Gasteiger partial charge in [0.2, 0.25) is 0 Å². The van der Waals surface area contributed by atoms with Crippen LogP contribution in [-0.4, -0.2) is 16.7 Å². The molecule has 2 heterocycles. The molecule has 4 rings (SSSR count). The largest absolute Gasteiger partial charge is 0.357 e. The zero-order valence-electron chi connectivity index (χ0n) is 14.6. The van der Waals surface area contributed by atoms with Gasteiger partial charge in [-0.3, -0.25) is 4.79 Å². The molecule has 5 heteroatoms. The van der Waals surface area contributed by atoms with E-state index in [0.717, 1.165) is 16.7 Å². The van der Waals surface area contributed by atoms with Crippen LogP contribution in [0.1, 0.15) is 35.6 Å². The molecule has 1 fully saturated rings. The van der Waals surface area contributed by atoms with E-state index in [2.05, 4.69) is 12.1 Å². The van der Waals surface area contributed by atoms with Crippen molar-refractivity contribution in [3.05, 3.63) is 76.4 Å².